The molecule has 2 amide bonds. The number of methoxy groups -OCH3 is 1. The predicted octanol–water partition coefficient (Wildman–Crippen LogP) is 1.95. The Kier molecular flexibility index (Phi) is 6.02. The van der Waals surface area contributed by atoms with Gasteiger partial charge in [0.25, 0.3) is 0 Å². The standard InChI is InChI=1S/C15H22N2O4/c1-10(2)13(14(18)19)16-15(20)17(3)9-11-7-5-6-8-12(11)21-4/h5-8,10,13H,9H2,1-4H3,(H,16,20)(H,18,19)/t13-/m0/s1. The van der Waals surface area contributed by atoms with Crippen LogP contribution >= 0.6 is 0 Å². The smallest absolute Gasteiger partial charge is 0.326 e. The van der Waals surface area contributed by atoms with Crippen LogP contribution in [0.3, 0.4) is 0 Å². The maximum absolute atomic E-state index is 12.1. The Hall–Kier alpha value is -2.24. The second-order valence-electron chi connectivity index (χ2n) is 5.18. The summed E-state index contributed by atoms with van der Waals surface area (Å²) in [5, 5.41) is 11.6. The van der Waals surface area contributed by atoms with Crippen molar-refractivity contribution >= 4 is 12.0 Å². The molecule has 0 aromatic heterocycles. The molecule has 6 heteroatoms. The first-order valence-corrected chi connectivity index (χ1v) is 6.73. The molecule has 21 heavy (non-hydrogen) atoms. The van der Waals surface area contributed by atoms with Crippen molar-refractivity contribution in [2.45, 2.75) is 26.4 Å². The molecule has 116 valence electrons. The second-order valence-corrected chi connectivity index (χ2v) is 5.18. The number of urea groups is 1. The Morgan fingerprint density at radius 1 is 1.33 bits per heavy atom. The van der Waals surface area contributed by atoms with Crippen LogP contribution in [-0.2, 0) is 11.3 Å². The lowest BCUT2D eigenvalue weighted by Crippen LogP contribution is -2.48. The third kappa shape index (κ3) is 4.66. The summed E-state index contributed by atoms with van der Waals surface area (Å²) in [4.78, 5) is 24.6. The third-order valence-corrected chi connectivity index (χ3v) is 3.16. The van der Waals surface area contributed by atoms with Crippen LogP contribution in [0.15, 0.2) is 24.3 Å². The molecule has 1 aromatic rings. The summed E-state index contributed by atoms with van der Waals surface area (Å²) in [5.74, 6) is -0.536. The Labute approximate surface area is 124 Å². The SMILES string of the molecule is COc1ccccc1CN(C)C(=O)N[C@H](C(=O)O)C(C)C. The lowest BCUT2D eigenvalue weighted by molar-refractivity contribution is -0.140. The van der Waals surface area contributed by atoms with Crippen LogP contribution in [0.2, 0.25) is 0 Å². The highest BCUT2D eigenvalue weighted by Gasteiger charge is 2.25. The average Bonchev–Trinajstić information content (AvgIpc) is 2.44. The van der Waals surface area contributed by atoms with Crippen LogP contribution in [0.25, 0.3) is 0 Å². The quantitative estimate of drug-likeness (QED) is 0.840. The average molecular weight is 294 g/mol. The van der Waals surface area contributed by atoms with Crippen LogP contribution in [0.5, 0.6) is 5.75 Å². The number of nitrogens with zero attached hydrogens (tertiary/aromatic N) is 1. The van der Waals surface area contributed by atoms with Gasteiger partial charge in [0.15, 0.2) is 0 Å². The maximum atomic E-state index is 12.1. The number of amides is 2. The maximum Gasteiger partial charge on any atom is 0.326 e. The van der Waals surface area contributed by atoms with Crippen LogP contribution in [-0.4, -0.2) is 42.2 Å². The molecule has 0 radical (unpaired) electrons. The molecule has 0 fully saturated rings. The van der Waals surface area contributed by atoms with E-state index in [4.69, 9.17) is 9.84 Å². The Balaban J connectivity index is 2.72. The fourth-order valence-corrected chi connectivity index (χ4v) is 1.92. The molecule has 0 heterocycles. The van der Waals surface area contributed by atoms with Gasteiger partial charge in [0.05, 0.1) is 13.7 Å². The van der Waals surface area contributed by atoms with Gasteiger partial charge < -0.3 is 20.1 Å². The van der Waals surface area contributed by atoms with E-state index in [1.54, 1.807) is 28.0 Å². The second kappa shape index (κ2) is 7.52. The van der Waals surface area contributed by atoms with E-state index in [9.17, 15) is 9.59 Å². The minimum atomic E-state index is -1.04. The van der Waals surface area contributed by atoms with Gasteiger partial charge in [-0.3, -0.25) is 0 Å². The topological polar surface area (TPSA) is 78.9 Å². The number of carbonyl (C=O) groups is 2. The van der Waals surface area contributed by atoms with Crippen molar-refractivity contribution in [3.05, 3.63) is 29.8 Å². The largest absolute Gasteiger partial charge is 0.496 e. The van der Waals surface area contributed by atoms with Crippen molar-refractivity contribution in [3.8, 4) is 5.75 Å². The van der Waals surface area contributed by atoms with Crippen molar-refractivity contribution < 1.29 is 19.4 Å². The summed E-state index contributed by atoms with van der Waals surface area (Å²) >= 11 is 0. The molecule has 0 saturated carbocycles. The van der Waals surface area contributed by atoms with Gasteiger partial charge in [-0.25, -0.2) is 9.59 Å². The number of carboxylic acids is 1. The van der Waals surface area contributed by atoms with Crippen molar-refractivity contribution in [1.82, 2.24) is 10.2 Å². The van der Waals surface area contributed by atoms with Gasteiger partial charge in [-0.15, -0.1) is 0 Å². The van der Waals surface area contributed by atoms with Crippen molar-refractivity contribution in [1.29, 1.82) is 0 Å². The molecule has 0 aliphatic heterocycles. The normalized spacial score (nSPS) is 11.9. The fraction of sp³-hybridized carbons (Fsp3) is 0.467. The van der Waals surface area contributed by atoms with E-state index in [0.29, 0.717) is 12.3 Å². The Morgan fingerprint density at radius 2 is 1.95 bits per heavy atom. The monoisotopic (exact) mass is 294 g/mol. The van der Waals surface area contributed by atoms with E-state index < -0.39 is 18.0 Å². The highest BCUT2D eigenvalue weighted by molar-refractivity contribution is 5.82. The van der Waals surface area contributed by atoms with Crippen molar-refractivity contribution in [2.75, 3.05) is 14.2 Å². The minimum absolute atomic E-state index is 0.189. The van der Waals surface area contributed by atoms with E-state index in [-0.39, 0.29) is 5.92 Å². The zero-order valence-corrected chi connectivity index (χ0v) is 12.8. The number of ether oxygens (including phenoxy) is 1. The number of nitrogens with one attached hydrogen (secondary N) is 1. The molecule has 2 N–H and O–H groups in total. The highest BCUT2D eigenvalue weighted by Crippen LogP contribution is 2.18. The lowest BCUT2D eigenvalue weighted by atomic mass is 10.1. The van der Waals surface area contributed by atoms with Gasteiger partial charge in [-0.2, -0.15) is 0 Å². The first-order valence-electron chi connectivity index (χ1n) is 6.73. The van der Waals surface area contributed by atoms with Gasteiger partial charge in [0, 0.05) is 12.6 Å². The molecule has 1 aromatic carbocycles. The number of hydrogen-bond acceptors (Lipinski definition) is 3. The van der Waals surface area contributed by atoms with Crippen LogP contribution in [0.1, 0.15) is 19.4 Å². The molecule has 1 atom stereocenters. The Morgan fingerprint density at radius 3 is 2.48 bits per heavy atom. The van der Waals surface area contributed by atoms with Gasteiger partial charge >= 0.3 is 12.0 Å². The molecule has 1 rings (SSSR count). The van der Waals surface area contributed by atoms with Gasteiger partial charge in [0.1, 0.15) is 11.8 Å². The van der Waals surface area contributed by atoms with Gasteiger partial charge in [-0.1, -0.05) is 32.0 Å². The molecule has 0 saturated heterocycles. The molecule has 0 spiro atoms. The summed E-state index contributed by atoms with van der Waals surface area (Å²) < 4.78 is 5.23. The van der Waals surface area contributed by atoms with Gasteiger partial charge in [0.2, 0.25) is 0 Å². The Bertz CT molecular complexity index is 502. The summed E-state index contributed by atoms with van der Waals surface area (Å²) in [6.45, 7) is 3.83. The predicted molar refractivity (Wildman–Crippen MR) is 79.3 cm³/mol. The van der Waals surface area contributed by atoms with Crippen LogP contribution in [0, 0.1) is 5.92 Å². The van der Waals surface area contributed by atoms with Crippen LogP contribution in [0.4, 0.5) is 4.79 Å². The fourth-order valence-electron chi connectivity index (χ4n) is 1.92. The number of carbonyl (C=O) groups excluding carboxylic acids is 1. The summed E-state index contributed by atoms with van der Waals surface area (Å²) in [7, 11) is 3.18. The van der Waals surface area contributed by atoms with E-state index >= 15 is 0 Å². The van der Waals surface area contributed by atoms with E-state index in [2.05, 4.69) is 5.32 Å². The lowest BCUT2D eigenvalue weighted by Gasteiger charge is -2.23. The molecule has 0 bridgehead atoms. The molecule has 0 aliphatic carbocycles. The zero-order chi connectivity index (χ0) is 16.0. The minimum Gasteiger partial charge on any atom is -0.496 e. The number of carboxylic acid groups (broad SMARTS) is 1. The zero-order valence-electron chi connectivity index (χ0n) is 12.8. The van der Waals surface area contributed by atoms with Crippen molar-refractivity contribution in [2.24, 2.45) is 5.92 Å². The first-order chi connectivity index (χ1) is 9.86. The number of rotatable bonds is 6. The van der Waals surface area contributed by atoms with Crippen molar-refractivity contribution in [3.63, 3.8) is 0 Å². The molecule has 0 unspecified atom stereocenters. The number of benzene rings is 1. The van der Waals surface area contributed by atoms with E-state index in [1.165, 1.54) is 4.90 Å². The first kappa shape index (κ1) is 16.8. The number of hydrogen-bond donors (Lipinski definition) is 2. The van der Waals surface area contributed by atoms with E-state index in [1.807, 2.05) is 24.3 Å². The third-order valence-electron chi connectivity index (χ3n) is 3.16. The molecular formula is C15H22N2O4. The van der Waals surface area contributed by atoms with Gasteiger partial charge in [-0.05, 0) is 12.0 Å². The number of aliphatic carboxylic acids is 1. The summed E-state index contributed by atoms with van der Waals surface area (Å²) in [6.07, 6.45) is 0. The van der Waals surface area contributed by atoms with E-state index in [0.717, 1.165) is 5.56 Å². The summed E-state index contributed by atoms with van der Waals surface area (Å²) in [5.41, 5.74) is 0.856. The molecular weight excluding hydrogens is 272 g/mol. The molecule has 0 aliphatic rings. The van der Waals surface area contributed by atoms with Crippen LogP contribution < -0.4 is 10.1 Å². The summed E-state index contributed by atoms with van der Waals surface area (Å²) in [6, 6.07) is 6.05. The molecule has 6 nitrogen and oxygen atoms in total. The number of para-hydroxylation sites is 1. The highest BCUT2D eigenvalue weighted by atomic mass is 16.5.